The van der Waals surface area contributed by atoms with E-state index in [9.17, 15) is 22.8 Å². The first kappa shape index (κ1) is 17.0. The van der Waals surface area contributed by atoms with E-state index in [0.717, 1.165) is 12.1 Å². The van der Waals surface area contributed by atoms with Crippen LogP contribution in [0.3, 0.4) is 0 Å². The maximum atomic E-state index is 12.4. The highest BCUT2D eigenvalue weighted by molar-refractivity contribution is 5.84. The monoisotopic (exact) mass is 305 g/mol. The fourth-order valence-corrected chi connectivity index (χ4v) is 1.58. The molecular formula is C13H14F3NO4. The number of aliphatic carboxylic acids is 1. The number of carbonyl (C=O) groups is 2. The Morgan fingerprint density at radius 3 is 2.29 bits per heavy atom. The molecule has 0 heterocycles. The van der Waals surface area contributed by atoms with Gasteiger partial charge in [0, 0.05) is 7.11 Å². The zero-order valence-electron chi connectivity index (χ0n) is 11.1. The van der Waals surface area contributed by atoms with Crippen molar-refractivity contribution in [2.45, 2.75) is 18.6 Å². The van der Waals surface area contributed by atoms with E-state index in [1.165, 1.54) is 19.2 Å². The van der Waals surface area contributed by atoms with E-state index in [-0.39, 0.29) is 13.0 Å². The lowest BCUT2D eigenvalue weighted by Gasteiger charge is -2.13. The molecule has 1 amide bonds. The van der Waals surface area contributed by atoms with Crippen molar-refractivity contribution in [3.63, 3.8) is 0 Å². The SMILES string of the molecule is COCC(NC(=O)Cc1ccc(C(F)(F)F)cc1)C(=O)O. The van der Waals surface area contributed by atoms with Gasteiger partial charge in [-0.25, -0.2) is 4.79 Å². The van der Waals surface area contributed by atoms with Crippen molar-refractivity contribution in [1.29, 1.82) is 0 Å². The third kappa shape index (κ3) is 5.42. The van der Waals surface area contributed by atoms with Gasteiger partial charge in [0.15, 0.2) is 6.04 Å². The van der Waals surface area contributed by atoms with Crippen molar-refractivity contribution in [1.82, 2.24) is 5.32 Å². The van der Waals surface area contributed by atoms with Crippen molar-refractivity contribution in [2.24, 2.45) is 0 Å². The largest absolute Gasteiger partial charge is 0.480 e. The molecule has 0 aliphatic heterocycles. The molecule has 0 aliphatic carbocycles. The Morgan fingerprint density at radius 1 is 1.29 bits per heavy atom. The molecule has 0 saturated carbocycles. The molecule has 0 fully saturated rings. The first-order valence-corrected chi connectivity index (χ1v) is 5.91. The van der Waals surface area contributed by atoms with Gasteiger partial charge in [-0.1, -0.05) is 12.1 Å². The number of ether oxygens (including phenoxy) is 1. The third-order valence-corrected chi connectivity index (χ3v) is 2.61. The van der Waals surface area contributed by atoms with Crippen LogP contribution in [-0.2, 0) is 26.9 Å². The van der Waals surface area contributed by atoms with E-state index in [2.05, 4.69) is 10.1 Å². The van der Waals surface area contributed by atoms with Crippen LogP contribution in [0.15, 0.2) is 24.3 Å². The van der Waals surface area contributed by atoms with Crippen molar-refractivity contribution in [2.75, 3.05) is 13.7 Å². The normalized spacial score (nSPS) is 12.8. The van der Waals surface area contributed by atoms with Gasteiger partial charge in [0.1, 0.15) is 0 Å². The Balaban J connectivity index is 2.64. The molecule has 116 valence electrons. The summed E-state index contributed by atoms with van der Waals surface area (Å²) < 4.78 is 41.8. The Morgan fingerprint density at radius 2 is 1.86 bits per heavy atom. The lowest BCUT2D eigenvalue weighted by molar-refractivity contribution is -0.143. The molecular weight excluding hydrogens is 291 g/mol. The average molecular weight is 305 g/mol. The summed E-state index contributed by atoms with van der Waals surface area (Å²) >= 11 is 0. The van der Waals surface area contributed by atoms with Crippen LogP contribution in [0, 0.1) is 0 Å². The molecule has 21 heavy (non-hydrogen) atoms. The predicted molar refractivity (Wildman–Crippen MR) is 66.6 cm³/mol. The molecule has 0 radical (unpaired) electrons. The third-order valence-electron chi connectivity index (χ3n) is 2.61. The number of carboxylic acid groups (broad SMARTS) is 1. The molecule has 1 unspecified atom stereocenters. The van der Waals surface area contributed by atoms with Gasteiger partial charge in [-0.05, 0) is 17.7 Å². The summed E-state index contributed by atoms with van der Waals surface area (Å²) in [6.07, 6.45) is -4.65. The zero-order valence-corrected chi connectivity index (χ0v) is 11.1. The Labute approximate surface area is 118 Å². The number of hydrogen-bond acceptors (Lipinski definition) is 3. The van der Waals surface area contributed by atoms with Crippen molar-refractivity contribution in [3.05, 3.63) is 35.4 Å². The maximum absolute atomic E-state index is 12.4. The molecule has 1 rings (SSSR count). The quantitative estimate of drug-likeness (QED) is 0.834. The first-order chi connectivity index (χ1) is 9.74. The Bertz CT molecular complexity index is 499. The predicted octanol–water partition coefficient (Wildman–Crippen LogP) is 1.46. The molecule has 1 atom stereocenters. The van der Waals surface area contributed by atoms with Gasteiger partial charge in [-0.15, -0.1) is 0 Å². The number of carboxylic acids is 1. The van der Waals surface area contributed by atoms with Crippen molar-refractivity contribution in [3.8, 4) is 0 Å². The molecule has 0 saturated heterocycles. The van der Waals surface area contributed by atoms with Gasteiger partial charge in [0.25, 0.3) is 0 Å². The zero-order chi connectivity index (χ0) is 16.0. The van der Waals surface area contributed by atoms with Crippen LogP contribution < -0.4 is 5.32 Å². The Kier molecular flexibility index (Phi) is 5.71. The molecule has 0 aliphatic rings. The smallest absolute Gasteiger partial charge is 0.416 e. The number of nitrogens with one attached hydrogen (secondary N) is 1. The topological polar surface area (TPSA) is 75.6 Å². The number of amides is 1. The highest BCUT2D eigenvalue weighted by Gasteiger charge is 2.30. The lowest BCUT2D eigenvalue weighted by atomic mass is 10.1. The number of methoxy groups -OCH3 is 1. The van der Waals surface area contributed by atoms with E-state index in [1.807, 2.05) is 0 Å². The highest BCUT2D eigenvalue weighted by Crippen LogP contribution is 2.29. The fraction of sp³-hybridized carbons (Fsp3) is 0.385. The molecule has 0 aromatic heterocycles. The van der Waals surface area contributed by atoms with E-state index in [0.29, 0.717) is 5.56 Å². The summed E-state index contributed by atoms with van der Waals surface area (Å²) in [5.74, 6) is -1.86. The van der Waals surface area contributed by atoms with E-state index < -0.39 is 29.7 Å². The van der Waals surface area contributed by atoms with Crippen molar-refractivity contribution >= 4 is 11.9 Å². The number of carbonyl (C=O) groups excluding carboxylic acids is 1. The van der Waals surface area contributed by atoms with Gasteiger partial charge < -0.3 is 15.2 Å². The van der Waals surface area contributed by atoms with Gasteiger partial charge in [0.2, 0.25) is 5.91 Å². The van der Waals surface area contributed by atoms with Gasteiger partial charge in [0.05, 0.1) is 18.6 Å². The van der Waals surface area contributed by atoms with Crippen LogP contribution in [0.2, 0.25) is 0 Å². The van der Waals surface area contributed by atoms with Crippen LogP contribution >= 0.6 is 0 Å². The van der Waals surface area contributed by atoms with E-state index in [1.54, 1.807) is 0 Å². The molecule has 1 aromatic rings. The van der Waals surface area contributed by atoms with E-state index in [4.69, 9.17) is 5.11 Å². The Hall–Kier alpha value is -2.09. The minimum atomic E-state index is -4.44. The van der Waals surface area contributed by atoms with Gasteiger partial charge >= 0.3 is 12.1 Å². The number of alkyl halides is 3. The molecule has 8 heteroatoms. The summed E-state index contributed by atoms with van der Waals surface area (Å²) in [5, 5.41) is 11.1. The average Bonchev–Trinajstić information content (AvgIpc) is 2.37. The maximum Gasteiger partial charge on any atom is 0.416 e. The molecule has 2 N–H and O–H groups in total. The number of halogens is 3. The summed E-state index contributed by atoms with van der Waals surface area (Å²) in [5.41, 5.74) is -0.462. The van der Waals surface area contributed by atoms with Gasteiger partial charge in [-0.3, -0.25) is 4.79 Å². The van der Waals surface area contributed by atoms with Gasteiger partial charge in [-0.2, -0.15) is 13.2 Å². The van der Waals surface area contributed by atoms with Crippen LogP contribution in [-0.4, -0.2) is 36.7 Å². The van der Waals surface area contributed by atoms with Crippen LogP contribution in [0.25, 0.3) is 0 Å². The standard InChI is InChI=1S/C13H14F3NO4/c1-21-7-10(12(19)20)17-11(18)6-8-2-4-9(5-3-8)13(14,15)16/h2-5,10H,6-7H2,1H3,(H,17,18)(H,19,20). The highest BCUT2D eigenvalue weighted by atomic mass is 19.4. The minimum Gasteiger partial charge on any atom is -0.480 e. The second-order valence-corrected chi connectivity index (χ2v) is 4.29. The fourth-order valence-electron chi connectivity index (χ4n) is 1.58. The number of hydrogen-bond donors (Lipinski definition) is 2. The second kappa shape index (κ2) is 7.07. The first-order valence-electron chi connectivity index (χ1n) is 5.91. The lowest BCUT2D eigenvalue weighted by Crippen LogP contribution is -2.44. The summed E-state index contributed by atoms with van der Waals surface area (Å²) in [6.45, 7) is -0.200. The van der Waals surface area contributed by atoms with Crippen LogP contribution in [0.4, 0.5) is 13.2 Å². The summed E-state index contributed by atoms with van der Waals surface area (Å²) in [4.78, 5) is 22.4. The molecule has 0 bridgehead atoms. The molecule has 0 spiro atoms. The number of rotatable bonds is 6. The summed E-state index contributed by atoms with van der Waals surface area (Å²) in [6, 6.07) is 2.89. The summed E-state index contributed by atoms with van der Waals surface area (Å²) in [7, 11) is 1.29. The number of benzene rings is 1. The van der Waals surface area contributed by atoms with Crippen LogP contribution in [0.1, 0.15) is 11.1 Å². The van der Waals surface area contributed by atoms with Crippen LogP contribution in [0.5, 0.6) is 0 Å². The van der Waals surface area contributed by atoms with E-state index >= 15 is 0 Å². The van der Waals surface area contributed by atoms with Crippen molar-refractivity contribution < 1.29 is 32.6 Å². The minimum absolute atomic E-state index is 0.200. The molecule has 1 aromatic carbocycles. The second-order valence-electron chi connectivity index (χ2n) is 4.29. The molecule has 5 nitrogen and oxygen atoms in total.